The number of aromatic nitrogens is 4. The smallest absolute Gasteiger partial charge is 0.240 e. The number of nitrogens with one attached hydrogen (secondary N) is 1. The first-order chi connectivity index (χ1) is 12.6. The van der Waals surface area contributed by atoms with E-state index in [4.69, 9.17) is 0 Å². The molecule has 1 fully saturated rings. The van der Waals surface area contributed by atoms with Crippen molar-refractivity contribution < 1.29 is 4.79 Å². The van der Waals surface area contributed by atoms with Crippen molar-refractivity contribution >= 4 is 34.1 Å². The molecule has 0 unspecified atom stereocenters. The fourth-order valence-electron chi connectivity index (χ4n) is 3.34. The highest BCUT2D eigenvalue weighted by Crippen LogP contribution is 2.30. The molecule has 9 heteroatoms. The number of piperidine rings is 1. The Morgan fingerprint density at radius 1 is 1.46 bits per heavy atom. The molecule has 0 spiro atoms. The van der Waals surface area contributed by atoms with Gasteiger partial charge in [0.1, 0.15) is 5.82 Å². The molecule has 1 atom stereocenters. The van der Waals surface area contributed by atoms with Gasteiger partial charge in [0.2, 0.25) is 5.91 Å². The van der Waals surface area contributed by atoms with Crippen molar-refractivity contribution in [1.29, 1.82) is 0 Å². The van der Waals surface area contributed by atoms with Crippen LogP contribution in [0.3, 0.4) is 0 Å². The molecule has 3 rings (SSSR count). The molecular formula is C17H26N6OS2. The average molecular weight is 395 g/mol. The second kappa shape index (κ2) is 8.96. The second-order valence-corrected chi connectivity index (χ2v) is 8.82. The normalized spacial score (nSPS) is 18.4. The molecule has 3 heterocycles. The minimum absolute atomic E-state index is 0.00634. The molecule has 0 saturated carbocycles. The first-order valence-corrected chi connectivity index (χ1v) is 10.9. The molecule has 1 amide bonds. The van der Waals surface area contributed by atoms with Crippen molar-refractivity contribution in [2.24, 2.45) is 0 Å². The van der Waals surface area contributed by atoms with Gasteiger partial charge in [-0.2, -0.15) is 0 Å². The molecule has 1 N–H and O–H groups in total. The third-order valence-electron chi connectivity index (χ3n) is 4.40. The van der Waals surface area contributed by atoms with Crippen molar-refractivity contribution in [2.75, 3.05) is 30.7 Å². The van der Waals surface area contributed by atoms with E-state index in [2.05, 4.69) is 50.7 Å². The van der Waals surface area contributed by atoms with Crippen molar-refractivity contribution in [3.8, 4) is 0 Å². The Hall–Kier alpha value is -1.45. The zero-order chi connectivity index (χ0) is 18.5. The number of hydrogen-bond acceptors (Lipinski definition) is 7. The lowest BCUT2D eigenvalue weighted by molar-refractivity contribution is -0.117. The fourth-order valence-corrected chi connectivity index (χ4v) is 4.68. The molecule has 1 aliphatic heterocycles. The average Bonchev–Trinajstić information content (AvgIpc) is 3.25. The lowest BCUT2D eigenvalue weighted by atomic mass is 9.97. The molecule has 2 aromatic rings. The van der Waals surface area contributed by atoms with Gasteiger partial charge in [0.25, 0.3) is 0 Å². The summed E-state index contributed by atoms with van der Waals surface area (Å²) < 4.78 is 2.26. The van der Waals surface area contributed by atoms with E-state index in [1.165, 1.54) is 11.3 Å². The summed E-state index contributed by atoms with van der Waals surface area (Å²) in [5.41, 5.74) is 0. The predicted molar refractivity (Wildman–Crippen MR) is 106 cm³/mol. The van der Waals surface area contributed by atoms with Gasteiger partial charge < -0.3 is 9.88 Å². The number of anilines is 1. The Morgan fingerprint density at radius 3 is 3.00 bits per heavy atom. The Labute approximate surface area is 162 Å². The Morgan fingerprint density at radius 2 is 2.31 bits per heavy atom. The quantitative estimate of drug-likeness (QED) is 0.727. The van der Waals surface area contributed by atoms with Gasteiger partial charge in [-0.3, -0.25) is 9.69 Å². The molecular weight excluding hydrogens is 368 g/mol. The molecule has 7 nitrogen and oxygen atoms in total. The van der Waals surface area contributed by atoms with Crippen molar-refractivity contribution in [3.63, 3.8) is 0 Å². The van der Waals surface area contributed by atoms with E-state index in [0.717, 1.165) is 42.7 Å². The van der Waals surface area contributed by atoms with E-state index < -0.39 is 0 Å². The highest BCUT2D eigenvalue weighted by molar-refractivity contribution is 7.99. The molecule has 2 aromatic heterocycles. The number of rotatable bonds is 7. The molecule has 0 radical (unpaired) electrons. The van der Waals surface area contributed by atoms with Crippen LogP contribution in [-0.2, 0) is 4.79 Å². The van der Waals surface area contributed by atoms with Crippen LogP contribution >= 0.6 is 23.1 Å². The Balaban J connectivity index is 1.65. The maximum Gasteiger partial charge on any atom is 0.240 e. The molecule has 26 heavy (non-hydrogen) atoms. The molecule has 142 valence electrons. The van der Waals surface area contributed by atoms with Crippen LogP contribution in [-0.4, -0.2) is 55.9 Å². The summed E-state index contributed by atoms with van der Waals surface area (Å²) in [6.07, 6.45) is 3.85. The lowest BCUT2D eigenvalue weighted by Crippen LogP contribution is -2.40. The van der Waals surface area contributed by atoms with E-state index >= 15 is 0 Å². The topological polar surface area (TPSA) is 75.9 Å². The minimum atomic E-state index is -0.00634. The molecule has 0 bridgehead atoms. The van der Waals surface area contributed by atoms with E-state index in [0.29, 0.717) is 23.6 Å². The Bertz CT molecular complexity index is 715. The van der Waals surface area contributed by atoms with Gasteiger partial charge in [-0.15, -0.1) is 21.5 Å². The van der Waals surface area contributed by atoms with Crippen molar-refractivity contribution in [1.82, 2.24) is 24.6 Å². The van der Waals surface area contributed by atoms with Crippen LogP contribution in [0.15, 0.2) is 16.7 Å². The second-order valence-electron chi connectivity index (χ2n) is 6.70. The summed E-state index contributed by atoms with van der Waals surface area (Å²) in [6, 6.07) is 0.331. The maximum atomic E-state index is 12.3. The van der Waals surface area contributed by atoms with Gasteiger partial charge in [-0.25, -0.2) is 4.98 Å². The number of hydrogen-bond donors (Lipinski definition) is 1. The number of thiazole rings is 1. The van der Waals surface area contributed by atoms with E-state index in [1.54, 1.807) is 18.0 Å². The monoisotopic (exact) mass is 394 g/mol. The zero-order valence-corrected chi connectivity index (χ0v) is 17.1. The van der Waals surface area contributed by atoms with E-state index in [-0.39, 0.29) is 5.91 Å². The summed E-state index contributed by atoms with van der Waals surface area (Å²) in [5, 5.41) is 15.3. The van der Waals surface area contributed by atoms with Crippen molar-refractivity contribution in [2.45, 2.75) is 50.7 Å². The summed E-state index contributed by atoms with van der Waals surface area (Å²) >= 11 is 3.17. The van der Waals surface area contributed by atoms with E-state index in [9.17, 15) is 4.79 Å². The summed E-state index contributed by atoms with van der Waals surface area (Å²) in [5.74, 6) is 2.35. The van der Waals surface area contributed by atoms with Gasteiger partial charge in [0, 0.05) is 30.1 Å². The number of nitrogens with zero attached hydrogens (tertiary/aromatic N) is 5. The highest BCUT2D eigenvalue weighted by Gasteiger charge is 2.28. The zero-order valence-electron chi connectivity index (χ0n) is 15.5. The van der Waals surface area contributed by atoms with Gasteiger partial charge in [0.15, 0.2) is 10.3 Å². The van der Waals surface area contributed by atoms with Crippen LogP contribution in [0.5, 0.6) is 0 Å². The number of thioether (sulfide) groups is 1. The molecule has 1 aliphatic rings. The fraction of sp³-hybridized carbons (Fsp3) is 0.647. The van der Waals surface area contributed by atoms with Crippen LogP contribution in [0.25, 0.3) is 0 Å². The molecule has 1 saturated heterocycles. The summed E-state index contributed by atoms with van der Waals surface area (Å²) in [7, 11) is 0. The van der Waals surface area contributed by atoms with Crippen LogP contribution in [0.2, 0.25) is 0 Å². The van der Waals surface area contributed by atoms with Gasteiger partial charge >= 0.3 is 0 Å². The number of carbonyl (C=O) groups excluding carboxylic acids is 1. The van der Waals surface area contributed by atoms with E-state index in [1.807, 2.05) is 5.38 Å². The van der Waals surface area contributed by atoms with Gasteiger partial charge in [0.05, 0.1) is 6.54 Å². The van der Waals surface area contributed by atoms with Crippen molar-refractivity contribution in [3.05, 3.63) is 17.4 Å². The number of carbonyl (C=O) groups is 1. The predicted octanol–water partition coefficient (Wildman–Crippen LogP) is 3.25. The maximum absolute atomic E-state index is 12.3. The summed E-state index contributed by atoms with van der Waals surface area (Å²) in [6.45, 7) is 8.65. The summed E-state index contributed by atoms with van der Waals surface area (Å²) in [4.78, 5) is 18.6. The lowest BCUT2D eigenvalue weighted by Gasteiger charge is -2.32. The number of likely N-dealkylation sites (tertiary alicyclic amines) is 1. The first kappa shape index (κ1) is 19.3. The van der Waals surface area contributed by atoms with Gasteiger partial charge in [-0.05, 0) is 39.0 Å². The minimum Gasteiger partial charge on any atom is -0.303 e. The highest BCUT2D eigenvalue weighted by atomic mass is 32.2. The molecule has 0 aliphatic carbocycles. The standard InChI is InChI=1S/C17H26N6OS2/c1-4-25-17-21-20-15(23(17)12(2)3)13-6-5-8-22(10-13)11-14(24)19-16-18-7-9-26-16/h7,9,12-13H,4-6,8,10-11H2,1-3H3,(H,18,19,24)/t13-/m1/s1. The largest absolute Gasteiger partial charge is 0.303 e. The number of amides is 1. The third kappa shape index (κ3) is 4.63. The molecule has 0 aromatic carbocycles. The first-order valence-electron chi connectivity index (χ1n) is 9.07. The van der Waals surface area contributed by atoms with Crippen LogP contribution < -0.4 is 5.32 Å². The van der Waals surface area contributed by atoms with Gasteiger partial charge in [-0.1, -0.05) is 18.7 Å². The van der Waals surface area contributed by atoms with Crippen LogP contribution in [0, 0.1) is 0 Å². The van der Waals surface area contributed by atoms with Crippen LogP contribution in [0.1, 0.15) is 51.4 Å². The third-order valence-corrected chi connectivity index (χ3v) is 5.91. The van der Waals surface area contributed by atoms with Crippen LogP contribution in [0.4, 0.5) is 5.13 Å². The Kier molecular flexibility index (Phi) is 6.66. The SMILES string of the molecule is CCSc1nnc([C@@H]2CCCN(CC(=O)Nc3nccs3)C2)n1C(C)C.